The number of thiocarbonyl (C=S) groups is 1. The molecule has 0 aromatic carbocycles. The van der Waals surface area contributed by atoms with Crippen LogP contribution in [0.4, 0.5) is 0 Å². The Hall–Kier alpha value is -1.13. The number of rotatable bonds is 4. The van der Waals surface area contributed by atoms with Crippen LogP contribution in [0.15, 0.2) is 23.2 Å². The van der Waals surface area contributed by atoms with Crippen molar-refractivity contribution in [2.45, 2.75) is 11.0 Å². The van der Waals surface area contributed by atoms with Gasteiger partial charge in [0, 0.05) is 19.3 Å². The third-order valence-electron chi connectivity index (χ3n) is 2.93. The number of pyridine rings is 1. The van der Waals surface area contributed by atoms with Crippen molar-refractivity contribution >= 4 is 27.2 Å². The summed E-state index contributed by atoms with van der Waals surface area (Å²) in [5, 5.41) is 9.06. The van der Waals surface area contributed by atoms with E-state index >= 15 is 0 Å². The molecule has 1 atom stereocenters. The Morgan fingerprint density at radius 2 is 2.35 bits per heavy atom. The number of morpholine rings is 1. The number of aliphatic hydroxyl groups excluding tert-OH is 1. The first-order valence-electron chi connectivity index (χ1n) is 5.93. The zero-order valence-electron chi connectivity index (χ0n) is 10.6. The molecule has 1 aliphatic rings. The van der Waals surface area contributed by atoms with Crippen molar-refractivity contribution in [3.05, 3.63) is 24.0 Å². The minimum absolute atomic E-state index is 0.0658. The lowest BCUT2D eigenvalue weighted by Crippen LogP contribution is -2.46. The van der Waals surface area contributed by atoms with Crippen molar-refractivity contribution in [1.82, 2.24) is 9.29 Å². The van der Waals surface area contributed by atoms with Crippen molar-refractivity contribution < 1.29 is 18.3 Å². The maximum atomic E-state index is 12.4. The molecule has 110 valence electrons. The molecule has 1 aromatic rings. The molecular formula is C11H15N3O4S2. The smallest absolute Gasteiger partial charge is 0.244 e. The molecule has 2 rings (SSSR count). The maximum absolute atomic E-state index is 12.4. The van der Waals surface area contributed by atoms with E-state index in [1.165, 1.54) is 22.6 Å². The fourth-order valence-corrected chi connectivity index (χ4v) is 3.37. The maximum Gasteiger partial charge on any atom is 0.244 e. The Balaban J connectivity index is 2.23. The summed E-state index contributed by atoms with van der Waals surface area (Å²) in [6, 6.07) is 2.89. The van der Waals surface area contributed by atoms with Gasteiger partial charge >= 0.3 is 0 Å². The Kier molecular flexibility index (Phi) is 4.66. The first-order valence-corrected chi connectivity index (χ1v) is 7.78. The molecule has 0 saturated carbocycles. The molecule has 0 bridgehead atoms. The van der Waals surface area contributed by atoms with Crippen LogP contribution in [0.2, 0.25) is 0 Å². The molecule has 3 N–H and O–H groups in total. The summed E-state index contributed by atoms with van der Waals surface area (Å²) in [7, 11) is -3.65. The first kappa shape index (κ1) is 15.3. The lowest BCUT2D eigenvalue weighted by molar-refractivity contribution is -0.0304. The molecule has 1 aliphatic heterocycles. The summed E-state index contributed by atoms with van der Waals surface area (Å²) in [4.78, 5) is 4.10. The van der Waals surface area contributed by atoms with E-state index in [2.05, 4.69) is 4.98 Å². The number of nitrogens with two attached hydrogens (primary N) is 1. The third kappa shape index (κ3) is 3.13. The fourth-order valence-electron chi connectivity index (χ4n) is 1.85. The van der Waals surface area contributed by atoms with Crippen LogP contribution in [0.1, 0.15) is 5.69 Å². The van der Waals surface area contributed by atoms with Gasteiger partial charge in [-0.25, -0.2) is 8.42 Å². The molecule has 1 saturated heterocycles. The zero-order chi connectivity index (χ0) is 14.8. The predicted octanol–water partition coefficient (Wildman–Crippen LogP) is -0.902. The van der Waals surface area contributed by atoms with Gasteiger partial charge in [-0.15, -0.1) is 0 Å². The van der Waals surface area contributed by atoms with E-state index in [9.17, 15) is 8.42 Å². The summed E-state index contributed by atoms with van der Waals surface area (Å²) < 4.78 is 31.3. The van der Waals surface area contributed by atoms with Crippen LogP contribution < -0.4 is 5.73 Å². The quantitative estimate of drug-likeness (QED) is 0.693. The van der Waals surface area contributed by atoms with E-state index < -0.39 is 16.1 Å². The van der Waals surface area contributed by atoms with Gasteiger partial charge in [0.15, 0.2) is 0 Å². The third-order valence-corrected chi connectivity index (χ3v) is 4.99. The average Bonchev–Trinajstić information content (AvgIpc) is 2.47. The summed E-state index contributed by atoms with van der Waals surface area (Å²) in [6.45, 7) is 0.402. The Morgan fingerprint density at radius 1 is 1.60 bits per heavy atom. The summed E-state index contributed by atoms with van der Waals surface area (Å²) in [5.74, 6) is 0. The van der Waals surface area contributed by atoms with E-state index in [1.807, 2.05) is 0 Å². The van der Waals surface area contributed by atoms with Crippen molar-refractivity contribution in [2.24, 2.45) is 5.73 Å². The molecule has 0 spiro atoms. The van der Waals surface area contributed by atoms with Crippen LogP contribution in [-0.4, -0.2) is 60.2 Å². The van der Waals surface area contributed by atoms with Gasteiger partial charge in [-0.2, -0.15) is 4.31 Å². The van der Waals surface area contributed by atoms with Crippen molar-refractivity contribution in [3.63, 3.8) is 0 Å². The van der Waals surface area contributed by atoms with Gasteiger partial charge in [0.2, 0.25) is 10.0 Å². The summed E-state index contributed by atoms with van der Waals surface area (Å²) in [6.07, 6.45) is 0.732. The van der Waals surface area contributed by atoms with Crippen molar-refractivity contribution in [3.8, 4) is 0 Å². The van der Waals surface area contributed by atoms with Crippen LogP contribution in [0.3, 0.4) is 0 Å². The molecule has 1 unspecified atom stereocenters. The highest BCUT2D eigenvalue weighted by molar-refractivity contribution is 7.89. The Labute approximate surface area is 122 Å². The number of hydrogen-bond donors (Lipinski definition) is 2. The standard InChI is InChI=1S/C11H15N3O4S2/c12-11(19)10-2-1-9(5-13-10)20(16,17)14-3-4-18-8(6-14)7-15/h1-2,5,8,15H,3-4,6-7H2,(H2,12,19). The van der Waals surface area contributed by atoms with Gasteiger partial charge in [0.1, 0.15) is 9.88 Å². The zero-order valence-corrected chi connectivity index (χ0v) is 12.2. The number of sulfonamides is 1. The monoisotopic (exact) mass is 317 g/mol. The van der Waals surface area contributed by atoms with E-state index in [-0.39, 0.29) is 36.2 Å². The molecule has 7 nitrogen and oxygen atoms in total. The highest BCUT2D eigenvalue weighted by Crippen LogP contribution is 2.18. The molecule has 9 heteroatoms. The molecular weight excluding hydrogens is 302 g/mol. The molecule has 20 heavy (non-hydrogen) atoms. The van der Waals surface area contributed by atoms with Gasteiger partial charge in [0.25, 0.3) is 0 Å². The second-order valence-corrected chi connectivity index (χ2v) is 6.66. The SMILES string of the molecule is NC(=S)c1ccc(S(=O)(=O)N2CCOC(CO)C2)cn1. The van der Waals surface area contributed by atoms with Gasteiger partial charge in [-0.3, -0.25) is 4.98 Å². The highest BCUT2D eigenvalue weighted by atomic mass is 32.2. The molecule has 1 aromatic heterocycles. The second-order valence-electron chi connectivity index (χ2n) is 4.28. The second kappa shape index (κ2) is 6.10. The lowest BCUT2D eigenvalue weighted by Gasteiger charge is -2.31. The molecule has 0 radical (unpaired) electrons. The number of aliphatic hydroxyl groups is 1. The van der Waals surface area contributed by atoms with E-state index in [1.54, 1.807) is 0 Å². The number of aromatic nitrogens is 1. The van der Waals surface area contributed by atoms with Crippen LogP contribution in [-0.2, 0) is 14.8 Å². The number of hydrogen-bond acceptors (Lipinski definition) is 6. The predicted molar refractivity (Wildman–Crippen MR) is 75.7 cm³/mol. The summed E-state index contributed by atoms with van der Waals surface area (Å²) in [5.41, 5.74) is 5.79. The first-order chi connectivity index (χ1) is 9.45. The number of ether oxygens (including phenoxy) is 1. The minimum Gasteiger partial charge on any atom is -0.394 e. The van der Waals surface area contributed by atoms with E-state index in [4.69, 9.17) is 27.8 Å². The normalized spacial score (nSPS) is 20.8. The molecule has 1 fully saturated rings. The molecule has 0 amide bonds. The minimum atomic E-state index is -3.65. The van der Waals surface area contributed by atoms with Crippen LogP contribution in [0.25, 0.3) is 0 Å². The van der Waals surface area contributed by atoms with Crippen LogP contribution >= 0.6 is 12.2 Å². The average molecular weight is 317 g/mol. The van der Waals surface area contributed by atoms with E-state index in [0.717, 1.165) is 0 Å². The van der Waals surface area contributed by atoms with Gasteiger partial charge < -0.3 is 15.6 Å². The Bertz CT molecular complexity index is 588. The fraction of sp³-hybridized carbons (Fsp3) is 0.455. The van der Waals surface area contributed by atoms with Crippen molar-refractivity contribution in [1.29, 1.82) is 0 Å². The van der Waals surface area contributed by atoms with Gasteiger partial charge in [-0.05, 0) is 12.1 Å². The van der Waals surface area contributed by atoms with Crippen LogP contribution in [0.5, 0.6) is 0 Å². The number of nitrogens with zero attached hydrogens (tertiary/aromatic N) is 2. The molecule has 0 aliphatic carbocycles. The summed E-state index contributed by atoms with van der Waals surface area (Å²) >= 11 is 4.77. The largest absolute Gasteiger partial charge is 0.394 e. The Morgan fingerprint density at radius 3 is 2.90 bits per heavy atom. The van der Waals surface area contributed by atoms with Crippen LogP contribution in [0, 0.1) is 0 Å². The topological polar surface area (TPSA) is 106 Å². The van der Waals surface area contributed by atoms with Gasteiger partial charge in [-0.1, -0.05) is 12.2 Å². The van der Waals surface area contributed by atoms with Gasteiger partial charge in [0.05, 0.1) is 25.0 Å². The van der Waals surface area contributed by atoms with E-state index in [0.29, 0.717) is 5.69 Å². The molecule has 2 heterocycles. The lowest BCUT2D eigenvalue weighted by atomic mass is 10.3. The van der Waals surface area contributed by atoms with Crippen molar-refractivity contribution in [2.75, 3.05) is 26.3 Å². The highest BCUT2D eigenvalue weighted by Gasteiger charge is 2.30.